The number of likely N-dealkylation sites (tertiary alicyclic amines) is 1. The Morgan fingerprint density at radius 1 is 1.04 bits per heavy atom. The van der Waals surface area contributed by atoms with Crippen molar-refractivity contribution in [2.75, 3.05) is 25.0 Å². The molecular weight excluding hydrogens is 430 g/mol. The van der Waals surface area contributed by atoms with E-state index in [0.29, 0.717) is 32.5 Å². The number of nitrogens with one attached hydrogen (secondary N) is 2. The Labute approximate surface area is 168 Å². The predicted octanol–water partition coefficient (Wildman–Crippen LogP) is 2.83. The van der Waals surface area contributed by atoms with Gasteiger partial charge in [0, 0.05) is 29.3 Å². The van der Waals surface area contributed by atoms with Crippen LogP contribution in [0, 0.1) is 0 Å². The second-order valence-corrected chi connectivity index (χ2v) is 9.17. The molecule has 2 aromatic carbocycles. The highest BCUT2D eigenvalue weighted by atomic mass is 79.9. The third-order valence-electron chi connectivity index (χ3n) is 4.46. The number of amides is 1. The third-order valence-corrected chi connectivity index (χ3v) is 6.52. The van der Waals surface area contributed by atoms with Crippen molar-refractivity contribution in [2.24, 2.45) is 0 Å². The lowest BCUT2D eigenvalue weighted by atomic mass is 10.1. The van der Waals surface area contributed by atoms with E-state index < -0.39 is 10.0 Å². The van der Waals surface area contributed by atoms with E-state index in [4.69, 9.17) is 0 Å². The van der Waals surface area contributed by atoms with Crippen LogP contribution in [0.2, 0.25) is 0 Å². The number of benzene rings is 2. The van der Waals surface area contributed by atoms with Gasteiger partial charge in [-0.05, 0) is 49.2 Å². The first-order chi connectivity index (χ1) is 12.9. The van der Waals surface area contributed by atoms with Gasteiger partial charge in [0.2, 0.25) is 15.9 Å². The zero-order chi connectivity index (χ0) is 19.3. The van der Waals surface area contributed by atoms with Crippen LogP contribution in [0.25, 0.3) is 0 Å². The molecule has 2 N–H and O–H groups in total. The predicted molar refractivity (Wildman–Crippen MR) is 109 cm³/mol. The van der Waals surface area contributed by atoms with E-state index in [0.717, 1.165) is 10.2 Å². The highest BCUT2D eigenvalue weighted by Crippen LogP contribution is 2.16. The second kappa shape index (κ2) is 8.97. The number of rotatable bonds is 6. The molecule has 1 amide bonds. The quantitative estimate of drug-likeness (QED) is 0.707. The van der Waals surface area contributed by atoms with Gasteiger partial charge >= 0.3 is 0 Å². The number of hydrogen-bond acceptors (Lipinski definition) is 4. The zero-order valence-corrected chi connectivity index (χ0v) is 17.2. The maximum atomic E-state index is 12.4. The Bertz CT molecular complexity index is 865. The maximum Gasteiger partial charge on any atom is 0.240 e. The van der Waals surface area contributed by atoms with E-state index in [9.17, 15) is 13.2 Å². The van der Waals surface area contributed by atoms with Crippen molar-refractivity contribution in [2.45, 2.75) is 23.8 Å². The van der Waals surface area contributed by atoms with Gasteiger partial charge in [-0.3, -0.25) is 9.69 Å². The first-order valence-corrected chi connectivity index (χ1v) is 11.1. The summed E-state index contributed by atoms with van der Waals surface area (Å²) in [6.45, 7) is 1.65. The molecule has 1 aliphatic heterocycles. The van der Waals surface area contributed by atoms with Crippen LogP contribution in [-0.4, -0.2) is 44.9 Å². The molecule has 8 heteroatoms. The molecule has 0 spiro atoms. The molecule has 2 aromatic rings. The van der Waals surface area contributed by atoms with E-state index in [-0.39, 0.29) is 16.8 Å². The van der Waals surface area contributed by atoms with E-state index in [1.807, 2.05) is 29.2 Å². The Morgan fingerprint density at radius 2 is 1.67 bits per heavy atom. The molecule has 0 radical (unpaired) electrons. The van der Waals surface area contributed by atoms with Crippen molar-refractivity contribution in [1.29, 1.82) is 0 Å². The molecule has 0 atom stereocenters. The molecule has 0 bridgehead atoms. The van der Waals surface area contributed by atoms with Crippen LogP contribution >= 0.6 is 15.9 Å². The largest absolute Gasteiger partial charge is 0.325 e. The van der Waals surface area contributed by atoms with Gasteiger partial charge in [-0.15, -0.1) is 0 Å². The summed E-state index contributed by atoms with van der Waals surface area (Å²) in [5.74, 6) is -0.0689. The number of sulfonamides is 1. The summed E-state index contributed by atoms with van der Waals surface area (Å²) in [4.78, 5) is 14.5. The molecule has 144 valence electrons. The van der Waals surface area contributed by atoms with Crippen LogP contribution in [0.1, 0.15) is 12.8 Å². The number of halogens is 1. The van der Waals surface area contributed by atoms with Gasteiger partial charge in [-0.1, -0.05) is 34.1 Å². The first kappa shape index (κ1) is 20.0. The Morgan fingerprint density at radius 3 is 2.30 bits per heavy atom. The summed E-state index contributed by atoms with van der Waals surface area (Å²) in [6.07, 6.45) is 1.36. The molecule has 6 nitrogen and oxygen atoms in total. The smallest absolute Gasteiger partial charge is 0.240 e. The lowest BCUT2D eigenvalue weighted by Crippen LogP contribution is -2.46. The van der Waals surface area contributed by atoms with Gasteiger partial charge in [0.05, 0.1) is 11.4 Å². The fourth-order valence-corrected chi connectivity index (χ4v) is 4.62. The summed E-state index contributed by atoms with van der Waals surface area (Å²) in [5.41, 5.74) is 0.758. The number of hydrogen-bond donors (Lipinski definition) is 2. The van der Waals surface area contributed by atoms with Gasteiger partial charge < -0.3 is 5.32 Å². The van der Waals surface area contributed by atoms with Crippen molar-refractivity contribution in [1.82, 2.24) is 9.62 Å². The van der Waals surface area contributed by atoms with Crippen LogP contribution < -0.4 is 10.0 Å². The number of anilines is 1. The van der Waals surface area contributed by atoms with E-state index in [1.165, 1.54) is 0 Å². The Kier molecular flexibility index (Phi) is 6.64. The molecule has 1 heterocycles. The fraction of sp³-hybridized carbons (Fsp3) is 0.316. The van der Waals surface area contributed by atoms with Crippen molar-refractivity contribution >= 4 is 37.5 Å². The molecule has 0 unspecified atom stereocenters. The van der Waals surface area contributed by atoms with Crippen LogP contribution in [0.5, 0.6) is 0 Å². The van der Waals surface area contributed by atoms with Crippen molar-refractivity contribution in [3.05, 3.63) is 59.1 Å². The lowest BCUT2D eigenvalue weighted by Gasteiger charge is -2.31. The molecule has 27 heavy (non-hydrogen) atoms. The molecule has 0 aliphatic carbocycles. The number of carbonyl (C=O) groups is 1. The minimum atomic E-state index is -3.50. The second-order valence-electron chi connectivity index (χ2n) is 6.54. The zero-order valence-electron chi connectivity index (χ0n) is 14.8. The molecule has 1 aliphatic rings. The average molecular weight is 452 g/mol. The Hall–Kier alpha value is -1.74. The number of carbonyl (C=O) groups excluding carboxylic acids is 1. The highest BCUT2D eigenvalue weighted by molar-refractivity contribution is 9.10. The van der Waals surface area contributed by atoms with Crippen LogP contribution in [0.3, 0.4) is 0 Å². The average Bonchev–Trinajstić information content (AvgIpc) is 2.66. The fourth-order valence-electron chi connectivity index (χ4n) is 3.03. The SMILES string of the molecule is O=C(CN1CCC(NS(=O)(=O)c2ccccc2)CC1)Nc1ccc(Br)cc1. The van der Waals surface area contributed by atoms with E-state index in [1.54, 1.807) is 30.3 Å². The van der Waals surface area contributed by atoms with Gasteiger partial charge in [0.1, 0.15) is 0 Å². The summed E-state index contributed by atoms with van der Waals surface area (Å²) < 4.78 is 28.5. The van der Waals surface area contributed by atoms with Gasteiger partial charge in [-0.25, -0.2) is 13.1 Å². The highest BCUT2D eigenvalue weighted by Gasteiger charge is 2.25. The number of piperidine rings is 1. The van der Waals surface area contributed by atoms with Crippen molar-refractivity contribution < 1.29 is 13.2 Å². The third kappa shape index (κ3) is 5.87. The number of nitrogens with zero attached hydrogens (tertiary/aromatic N) is 1. The molecule has 0 aromatic heterocycles. The lowest BCUT2D eigenvalue weighted by molar-refractivity contribution is -0.117. The summed E-state index contributed by atoms with van der Waals surface area (Å²) >= 11 is 3.36. The van der Waals surface area contributed by atoms with Gasteiger partial charge in [0.25, 0.3) is 0 Å². The van der Waals surface area contributed by atoms with Gasteiger partial charge in [0.15, 0.2) is 0 Å². The molecule has 1 saturated heterocycles. The normalized spacial score (nSPS) is 16.2. The summed E-state index contributed by atoms with van der Waals surface area (Å²) in [5, 5.41) is 2.87. The van der Waals surface area contributed by atoms with E-state index in [2.05, 4.69) is 26.0 Å². The summed E-state index contributed by atoms with van der Waals surface area (Å²) in [6, 6.07) is 15.7. The van der Waals surface area contributed by atoms with Gasteiger partial charge in [-0.2, -0.15) is 0 Å². The minimum absolute atomic E-state index is 0.0689. The molecule has 0 saturated carbocycles. The standard InChI is InChI=1S/C19H22BrN3O3S/c20-15-6-8-16(9-7-15)21-19(24)14-23-12-10-17(11-13-23)22-27(25,26)18-4-2-1-3-5-18/h1-9,17,22H,10-14H2,(H,21,24). The minimum Gasteiger partial charge on any atom is -0.325 e. The first-order valence-electron chi connectivity index (χ1n) is 8.77. The molecular formula is C19H22BrN3O3S. The van der Waals surface area contributed by atoms with Crippen molar-refractivity contribution in [3.8, 4) is 0 Å². The summed E-state index contributed by atoms with van der Waals surface area (Å²) in [7, 11) is -3.50. The Balaban J connectivity index is 1.46. The maximum absolute atomic E-state index is 12.4. The monoisotopic (exact) mass is 451 g/mol. The molecule has 1 fully saturated rings. The topological polar surface area (TPSA) is 78.5 Å². The van der Waals surface area contributed by atoms with E-state index >= 15 is 0 Å². The van der Waals surface area contributed by atoms with Crippen LogP contribution in [-0.2, 0) is 14.8 Å². The van der Waals surface area contributed by atoms with Crippen molar-refractivity contribution in [3.63, 3.8) is 0 Å². The van der Waals surface area contributed by atoms with Crippen LogP contribution in [0.4, 0.5) is 5.69 Å². The molecule has 3 rings (SSSR count). The van der Waals surface area contributed by atoms with Crippen LogP contribution in [0.15, 0.2) is 64.0 Å².